The van der Waals surface area contributed by atoms with Crippen molar-refractivity contribution in [3.05, 3.63) is 42.5 Å². The minimum absolute atomic E-state index is 0.0944. The molecule has 1 atom stereocenters. The maximum absolute atomic E-state index is 12.5. The average Bonchev–Trinajstić information content (AvgIpc) is 2.44. The fourth-order valence-electron chi connectivity index (χ4n) is 2.27. The van der Waals surface area contributed by atoms with Crippen LogP contribution in [0.1, 0.15) is 12.8 Å². The number of benzene rings is 2. The summed E-state index contributed by atoms with van der Waals surface area (Å²) in [5.41, 5.74) is 0. The van der Waals surface area contributed by atoms with Crippen LogP contribution in [0, 0.1) is 0 Å². The zero-order valence-corrected chi connectivity index (χ0v) is 12.9. The third-order valence-corrected chi connectivity index (χ3v) is 4.98. The van der Waals surface area contributed by atoms with Gasteiger partial charge in [0, 0.05) is 6.04 Å². The number of carboxylic acids is 2. The van der Waals surface area contributed by atoms with E-state index in [-0.39, 0.29) is 5.30 Å². The Kier molecular flexibility index (Phi) is 5.15. The molecule has 122 valence electrons. The first kappa shape index (κ1) is 17.1. The van der Waals surface area contributed by atoms with E-state index in [1.54, 1.807) is 18.2 Å². The second-order valence-corrected chi connectivity index (χ2v) is 7.06. The molecule has 4 N–H and O–H groups in total. The third-order valence-electron chi connectivity index (χ3n) is 3.28. The van der Waals surface area contributed by atoms with Gasteiger partial charge in [-0.05, 0) is 22.9 Å². The number of carbonyl (C=O) groups is 2. The lowest BCUT2D eigenvalue weighted by Crippen LogP contribution is -2.34. The minimum Gasteiger partial charge on any atom is -0.481 e. The van der Waals surface area contributed by atoms with Gasteiger partial charge >= 0.3 is 11.9 Å². The molecule has 0 amide bonds. The van der Waals surface area contributed by atoms with Crippen molar-refractivity contribution in [3.8, 4) is 0 Å². The standard InChI is InChI=1S/C15H16NO6P/c17-14(18)8-12(9-15(19)20)16-23(21,22)13-6-5-10-3-1-2-4-11(10)7-13/h1-7,12H,8-9H2,(H,17,18)(H,19,20)(H2,16,21,22). The van der Waals surface area contributed by atoms with Crippen LogP contribution in [0.5, 0.6) is 0 Å². The predicted molar refractivity (Wildman–Crippen MR) is 84.8 cm³/mol. The predicted octanol–water partition coefficient (Wildman–Crippen LogP) is 1.56. The van der Waals surface area contributed by atoms with E-state index in [9.17, 15) is 19.0 Å². The third kappa shape index (κ3) is 4.63. The molecule has 0 aromatic heterocycles. The Bertz CT molecular complexity index is 774. The molecule has 0 radical (unpaired) electrons. The highest BCUT2D eigenvalue weighted by Gasteiger charge is 2.28. The van der Waals surface area contributed by atoms with Crippen molar-refractivity contribution in [2.75, 3.05) is 0 Å². The highest BCUT2D eigenvalue weighted by molar-refractivity contribution is 7.64. The molecule has 8 heteroatoms. The molecular weight excluding hydrogens is 321 g/mol. The molecule has 0 aliphatic carbocycles. The number of carboxylic acid groups (broad SMARTS) is 2. The zero-order chi connectivity index (χ0) is 17.0. The molecule has 2 aromatic rings. The highest BCUT2D eigenvalue weighted by atomic mass is 31.2. The molecule has 0 aliphatic heterocycles. The molecule has 7 nitrogen and oxygen atoms in total. The molecule has 0 spiro atoms. The lowest BCUT2D eigenvalue weighted by atomic mass is 10.1. The highest BCUT2D eigenvalue weighted by Crippen LogP contribution is 2.36. The summed E-state index contributed by atoms with van der Waals surface area (Å²) in [4.78, 5) is 31.8. The fraction of sp³-hybridized carbons (Fsp3) is 0.200. The Hall–Kier alpha value is -2.21. The van der Waals surface area contributed by atoms with Crippen LogP contribution in [0.25, 0.3) is 10.8 Å². The first-order chi connectivity index (χ1) is 10.8. The van der Waals surface area contributed by atoms with Crippen molar-refractivity contribution in [1.82, 2.24) is 5.09 Å². The van der Waals surface area contributed by atoms with Gasteiger partial charge in [-0.2, -0.15) is 0 Å². The van der Waals surface area contributed by atoms with E-state index in [1.807, 2.05) is 12.1 Å². The van der Waals surface area contributed by atoms with Gasteiger partial charge in [-0.25, -0.2) is 5.09 Å². The number of hydrogen-bond acceptors (Lipinski definition) is 3. The fourth-order valence-corrected chi connectivity index (χ4v) is 3.69. The summed E-state index contributed by atoms with van der Waals surface area (Å²) in [5, 5.41) is 21.6. The smallest absolute Gasteiger partial charge is 0.304 e. The molecule has 0 saturated heterocycles. The van der Waals surface area contributed by atoms with Crippen molar-refractivity contribution in [3.63, 3.8) is 0 Å². The van der Waals surface area contributed by atoms with Gasteiger partial charge in [0.05, 0.1) is 18.1 Å². The normalized spacial score (nSPS) is 13.8. The van der Waals surface area contributed by atoms with E-state index < -0.39 is 38.3 Å². The van der Waals surface area contributed by atoms with Gasteiger partial charge in [0.15, 0.2) is 0 Å². The maximum atomic E-state index is 12.5. The zero-order valence-electron chi connectivity index (χ0n) is 12.0. The lowest BCUT2D eigenvalue weighted by molar-refractivity contribution is -0.139. The molecule has 2 aromatic carbocycles. The largest absolute Gasteiger partial charge is 0.481 e. The Morgan fingerprint density at radius 2 is 1.57 bits per heavy atom. The van der Waals surface area contributed by atoms with Crippen LogP contribution >= 0.6 is 7.52 Å². The molecule has 0 saturated carbocycles. The Morgan fingerprint density at radius 1 is 1.00 bits per heavy atom. The van der Waals surface area contributed by atoms with Crippen molar-refractivity contribution in [1.29, 1.82) is 0 Å². The van der Waals surface area contributed by atoms with Gasteiger partial charge in [-0.15, -0.1) is 0 Å². The summed E-state index contributed by atoms with van der Waals surface area (Å²) in [5.74, 6) is -2.50. The van der Waals surface area contributed by atoms with Gasteiger partial charge in [0.25, 0.3) is 7.52 Å². The van der Waals surface area contributed by atoms with Gasteiger partial charge in [-0.3, -0.25) is 14.2 Å². The number of fused-ring (bicyclic) bond motifs is 1. The van der Waals surface area contributed by atoms with Crippen molar-refractivity contribution < 1.29 is 29.3 Å². The summed E-state index contributed by atoms with van der Waals surface area (Å²) >= 11 is 0. The molecule has 1 unspecified atom stereocenters. The van der Waals surface area contributed by atoms with E-state index in [2.05, 4.69) is 5.09 Å². The number of nitrogens with one attached hydrogen (secondary N) is 1. The molecule has 2 rings (SSSR count). The van der Waals surface area contributed by atoms with Gasteiger partial charge in [0.2, 0.25) is 0 Å². The summed E-state index contributed by atoms with van der Waals surface area (Å²) in [7, 11) is -4.09. The molecule has 0 aliphatic rings. The van der Waals surface area contributed by atoms with Crippen LogP contribution in [0.3, 0.4) is 0 Å². The second kappa shape index (κ2) is 6.91. The molecule has 23 heavy (non-hydrogen) atoms. The van der Waals surface area contributed by atoms with Crippen molar-refractivity contribution in [2.45, 2.75) is 18.9 Å². The SMILES string of the molecule is O=C(O)CC(CC(=O)O)NP(=O)(O)c1ccc2ccccc2c1. The average molecular weight is 337 g/mol. The lowest BCUT2D eigenvalue weighted by Gasteiger charge is -2.20. The van der Waals surface area contributed by atoms with Gasteiger partial charge in [-0.1, -0.05) is 30.3 Å². The summed E-state index contributed by atoms with van der Waals surface area (Å²) in [6.07, 6.45) is -1.13. The second-order valence-electron chi connectivity index (χ2n) is 5.13. The van der Waals surface area contributed by atoms with E-state index in [1.165, 1.54) is 12.1 Å². The van der Waals surface area contributed by atoms with Crippen LogP contribution in [0.15, 0.2) is 42.5 Å². The molecule has 0 bridgehead atoms. The number of rotatable bonds is 7. The summed E-state index contributed by atoms with van der Waals surface area (Å²) in [6, 6.07) is 10.8. The first-order valence-electron chi connectivity index (χ1n) is 6.81. The quantitative estimate of drug-likeness (QED) is 0.565. The van der Waals surface area contributed by atoms with E-state index in [0.29, 0.717) is 0 Å². The van der Waals surface area contributed by atoms with Crippen molar-refractivity contribution in [2.24, 2.45) is 0 Å². The number of aliphatic carboxylic acids is 2. The topological polar surface area (TPSA) is 124 Å². The first-order valence-corrected chi connectivity index (χ1v) is 8.47. The number of hydrogen-bond donors (Lipinski definition) is 4. The monoisotopic (exact) mass is 337 g/mol. The van der Waals surface area contributed by atoms with Gasteiger partial charge in [0.1, 0.15) is 0 Å². The molecule has 0 heterocycles. The Balaban J connectivity index is 2.28. The van der Waals surface area contributed by atoms with Gasteiger partial charge < -0.3 is 15.1 Å². The Morgan fingerprint density at radius 3 is 2.13 bits per heavy atom. The minimum atomic E-state index is -4.09. The van der Waals surface area contributed by atoms with Crippen LogP contribution in [-0.4, -0.2) is 33.1 Å². The van der Waals surface area contributed by atoms with E-state index >= 15 is 0 Å². The Labute approximate surface area is 132 Å². The maximum Gasteiger partial charge on any atom is 0.304 e. The molecule has 0 fully saturated rings. The van der Waals surface area contributed by atoms with Crippen LogP contribution in [-0.2, 0) is 14.2 Å². The van der Waals surface area contributed by atoms with E-state index in [0.717, 1.165) is 10.8 Å². The van der Waals surface area contributed by atoms with Crippen molar-refractivity contribution >= 4 is 35.5 Å². The van der Waals surface area contributed by atoms with Crippen LogP contribution < -0.4 is 10.4 Å². The molecular formula is C15H16NO6P. The van der Waals surface area contributed by atoms with E-state index in [4.69, 9.17) is 10.2 Å². The van der Waals surface area contributed by atoms with Crippen LogP contribution in [0.4, 0.5) is 0 Å². The summed E-state index contributed by atoms with van der Waals surface area (Å²) < 4.78 is 12.5. The summed E-state index contributed by atoms with van der Waals surface area (Å²) in [6.45, 7) is 0. The van der Waals surface area contributed by atoms with Crippen LogP contribution in [0.2, 0.25) is 0 Å².